The molecule has 1 aliphatic rings. The van der Waals surface area contributed by atoms with Crippen LogP contribution in [0.2, 0.25) is 5.02 Å². The number of pyridine rings is 1. The minimum absolute atomic E-state index is 0.147. The van der Waals surface area contributed by atoms with E-state index in [0.29, 0.717) is 17.3 Å². The number of nitrogens with two attached hydrogens (primary N) is 1. The van der Waals surface area contributed by atoms with Crippen molar-refractivity contribution < 1.29 is 9.59 Å². The minimum Gasteiger partial charge on any atom is -0.369 e. The van der Waals surface area contributed by atoms with E-state index in [1.807, 2.05) is 48.5 Å². The standard InChI is InChI=1S/C24H23ClN4O2S/c25-20-6-2-1-5-19(20)21-10-8-18(32-21)9-12-23(30)28-17-7-11-22(27-14-17)29-13-3-4-16(15-29)24(26)31/h1-2,5-12,14,16H,3-4,13,15H2,(H2,26,31)(H,28,30)/b12-9+. The highest BCUT2D eigenvalue weighted by Crippen LogP contribution is 2.33. The molecule has 164 valence electrons. The molecule has 0 saturated carbocycles. The summed E-state index contributed by atoms with van der Waals surface area (Å²) in [6.07, 6.45) is 6.61. The predicted octanol–water partition coefficient (Wildman–Crippen LogP) is 4.82. The van der Waals surface area contributed by atoms with E-state index in [1.54, 1.807) is 23.6 Å². The van der Waals surface area contributed by atoms with Crippen LogP contribution in [-0.4, -0.2) is 29.9 Å². The molecule has 1 saturated heterocycles. The number of carbonyl (C=O) groups excluding carboxylic acids is 2. The number of primary amides is 1. The van der Waals surface area contributed by atoms with Gasteiger partial charge in [-0.3, -0.25) is 9.59 Å². The van der Waals surface area contributed by atoms with E-state index in [2.05, 4.69) is 15.2 Å². The quantitative estimate of drug-likeness (QED) is 0.510. The maximum atomic E-state index is 12.3. The second-order valence-electron chi connectivity index (χ2n) is 7.60. The number of hydrogen-bond donors (Lipinski definition) is 2. The Morgan fingerprint density at radius 2 is 2.03 bits per heavy atom. The molecule has 3 heterocycles. The van der Waals surface area contributed by atoms with E-state index in [0.717, 1.165) is 40.5 Å². The number of thiophene rings is 1. The summed E-state index contributed by atoms with van der Waals surface area (Å²) in [4.78, 5) is 32.3. The Morgan fingerprint density at radius 3 is 2.78 bits per heavy atom. The fourth-order valence-electron chi connectivity index (χ4n) is 3.65. The monoisotopic (exact) mass is 466 g/mol. The van der Waals surface area contributed by atoms with Crippen LogP contribution in [0.4, 0.5) is 11.5 Å². The van der Waals surface area contributed by atoms with Crippen LogP contribution >= 0.6 is 22.9 Å². The molecule has 8 heteroatoms. The van der Waals surface area contributed by atoms with Gasteiger partial charge in [-0.25, -0.2) is 4.98 Å². The van der Waals surface area contributed by atoms with Crippen LogP contribution in [-0.2, 0) is 9.59 Å². The highest BCUT2D eigenvalue weighted by molar-refractivity contribution is 7.16. The lowest BCUT2D eigenvalue weighted by molar-refractivity contribution is -0.122. The van der Waals surface area contributed by atoms with Gasteiger partial charge in [0, 0.05) is 39.5 Å². The van der Waals surface area contributed by atoms with Crippen LogP contribution in [0.5, 0.6) is 0 Å². The van der Waals surface area contributed by atoms with Gasteiger partial charge < -0.3 is 16.0 Å². The number of piperidine rings is 1. The van der Waals surface area contributed by atoms with Crippen molar-refractivity contribution >= 4 is 52.3 Å². The van der Waals surface area contributed by atoms with Crippen LogP contribution < -0.4 is 16.0 Å². The Kier molecular flexibility index (Phi) is 6.87. The van der Waals surface area contributed by atoms with E-state index in [9.17, 15) is 9.59 Å². The molecule has 1 unspecified atom stereocenters. The van der Waals surface area contributed by atoms with Crippen LogP contribution in [0.1, 0.15) is 17.7 Å². The molecular weight excluding hydrogens is 444 g/mol. The number of carbonyl (C=O) groups is 2. The molecule has 1 fully saturated rings. The van der Waals surface area contributed by atoms with Gasteiger partial charge in [0.15, 0.2) is 0 Å². The predicted molar refractivity (Wildman–Crippen MR) is 131 cm³/mol. The fraction of sp³-hybridized carbons (Fsp3) is 0.208. The average molecular weight is 467 g/mol. The fourth-order valence-corrected chi connectivity index (χ4v) is 4.90. The van der Waals surface area contributed by atoms with E-state index < -0.39 is 0 Å². The summed E-state index contributed by atoms with van der Waals surface area (Å²) in [6.45, 7) is 1.41. The number of anilines is 2. The van der Waals surface area contributed by atoms with Gasteiger partial charge >= 0.3 is 0 Å². The molecule has 0 aliphatic carbocycles. The van der Waals surface area contributed by atoms with Crippen LogP contribution in [0, 0.1) is 5.92 Å². The largest absolute Gasteiger partial charge is 0.369 e. The first-order chi connectivity index (χ1) is 15.5. The summed E-state index contributed by atoms with van der Waals surface area (Å²) in [6, 6.07) is 15.3. The van der Waals surface area contributed by atoms with E-state index in [4.69, 9.17) is 17.3 Å². The Morgan fingerprint density at radius 1 is 1.19 bits per heavy atom. The first-order valence-corrected chi connectivity index (χ1v) is 11.5. The molecule has 4 rings (SSSR count). The number of nitrogens with zero attached hydrogens (tertiary/aromatic N) is 2. The maximum Gasteiger partial charge on any atom is 0.248 e. The van der Waals surface area contributed by atoms with Crippen molar-refractivity contribution in [2.45, 2.75) is 12.8 Å². The number of halogens is 1. The molecule has 2 amide bonds. The third-order valence-corrected chi connectivity index (χ3v) is 6.74. The van der Waals surface area contributed by atoms with Gasteiger partial charge in [-0.2, -0.15) is 0 Å². The van der Waals surface area contributed by atoms with Crippen molar-refractivity contribution in [2.24, 2.45) is 11.7 Å². The lowest BCUT2D eigenvalue weighted by Crippen LogP contribution is -2.41. The van der Waals surface area contributed by atoms with Gasteiger partial charge in [0.1, 0.15) is 5.82 Å². The first kappa shape index (κ1) is 22.0. The van der Waals surface area contributed by atoms with Crippen LogP contribution in [0.15, 0.2) is 60.8 Å². The molecule has 2 aromatic heterocycles. The molecule has 1 aliphatic heterocycles. The van der Waals surface area contributed by atoms with Gasteiger partial charge in [0.2, 0.25) is 11.8 Å². The topological polar surface area (TPSA) is 88.3 Å². The molecule has 0 bridgehead atoms. The maximum absolute atomic E-state index is 12.3. The number of rotatable bonds is 6. The van der Waals surface area contributed by atoms with Crippen molar-refractivity contribution in [3.8, 4) is 10.4 Å². The zero-order chi connectivity index (χ0) is 22.5. The van der Waals surface area contributed by atoms with Gasteiger partial charge in [0.05, 0.1) is 17.8 Å². The van der Waals surface area contributed by atoms with Crippen LogP contribution in [0.25, 0.3) is 16.5 Å². The number of aromatic nitrogens is 1. The Bertz CT molecular complexity index is 1140. The number of nitrogens with one attached hydrogen (secondary N) is 1. The number of benzene rings is 1. The summed E-state index contributed by atoms with van der Waals surface area (Å²) in [7, 11) is 0. The first-order valence-electron chi connectivity index (χ1n) is 10.3. The molecular formula is C24H23ClN4O2S. The zero-order valence-electron chi connectivity index (χ0n) is 17.3. The van der Waals surface area contributed by atoms with Crippen molar-refractivity contribution in [1.29, 1.82) is 0 Å². The summed E-state index contributed by atoms with van der Waals surface area (Å²) in [5, 5.41) is 3.52. The van der Waals surface area contributed by atoms with E-state index in [1.165, 1.54) is 6.08 Å². The molecule has 0 radical (unpaired) electrons. The molecule has 32 heavy (non-hydrogen) atoms. The van der Waals surface area contributed by atoms with Gasteiger partial charge in [-0.1, -0.05) is 29.8 Å². The van der Waals surface area contributed by atoms with Gasteiger partial charge in [0.25, 0.3) is 0 Å². The number of hydrogen-bond acceptors (Lipinski definition) is 5. The van der Waals surface area contributed by atoms with Crippen molar-refractivity contribution in [2.75, 3.05) is 23.3 Å². The van der Waals surface area contributed by atoms with E-state index >= 15 is 0 Å². The lowest BCUT2D eigenvalue weighted by Gasteiger charge is -2.32. The second-order valence-corrected chi connectivity index (χ2v) is 9.12. The van der Waals surface area contributed by atoms with Gasteiger partial charge in [-0.05, 0) is 49.2 Å². The van der Waals surface area contributed by atoms with Gasteiger partial charge in [-0.15, -0.1) is 11.3 Å². The zero-order valence-corrected chi connectivity index (χ0v) is 18.9. The normalized spacial score (nSPS) is 16.3. The van der Waals surface area contributed by atoms with Crippen molar-refractivity contribution in [3.05, 3.63) is 70.7 Å². The Labute approximate surface area is 195 Å². The third-order valence-electron chi connectivity index (χ3n) is 5.33. The molecule has 3 N–H and O–H groups in total. The summed E-state index contributed by atoms with van der Waals surface area (Å²) < 4.78 is 0. The second kappa shape index (κ2) is 9.97. The summed E-state index contributed by atoms with van der Waals surface area (Å²) in [5.74, 6) is 0.120. The molecule has 3 aromatic rings. The highest BCUT2D eigenvalue weighted by atomic mass is 35.5. The summed E-state index contributed by atoms with van der Waals surface area (Å²) in [5.41, 5.74) is 7.03. The van der Waals surface area contributed by atoms with Crippen molar-refractivity contribution in [1.82, 2.24) is 4.98 Å². The summed E-state index contributed by atoms with van der Waals surface area (Å²) >= 11 is 7.83. The SMILES string of the molecule is NC(=O)C1CCCN(c2ccc(NC(=O)/C=C/c3ccc(-c4ccccc4Cl)s3)cn2)C1. The molecule has 1 aromatic carbocycles. The highest BCUT2D eigenvalue weighted by Gasteiger charge is 2.24. The molecule has 6 nitrogen and oxygen atoms in total. The van der Waals surface area contributed by atoms with E-state index in [-0.39, 0.29) is 17.7 Å². The molecule has 0 spiro atoms. The Balaban J connectivity index is 1.35. The lowest BCUT2D eigenvalue weighted by atomic mass is 9.97. The Hall–Kier alpha value is -3.16. The smallest absolute Gasteiger partial charge is 0.248 e. The number of amides is 2. The minimum atomic E-state index is -0.268. The van der Waals surface area contributed by atoms with Crippen LogP contribution in [0.3, 0.4) is 0 Å². The molecule has 1 atom stereocenters. The average Bonchev–Trinajstić information content (AvgIpc) is 3.27. The van der Waals surface area contributed by atoms with Crippen molar-refractivity contribution in [3.63, 3.8) is 0 Å². The third kappa shape index (κ3) is 5.36.